The van der Waals surface area contributed by atoms with Gasteiger partial charge in [0.05, 0.1) is 5.69 Å². The fraction of sp³-hybridized carbons (Fsp3) is 0.400. The van der Waals surface area contributed by atoms with Crippen molar-refractivity contribution in [1.82, 2.24) is 4.98 Å². The van der Waals surface area contributed by atoms with Crippen LogP contribution < -0.4 is 5.73 Å². The Labute approximate surface area is 77.2 Å². The molecule has 0 unspecified atom stereocenters. The van der Waals surface area contributed by atoms with Gasteiger partial charge in [0.15, 0.2) is 0 Å². The van der Waals surface area contributed by atoms with Gasteiger partial charge in [0, 0.05) is 6.04 Å². The van der Waals surface area contributed by atoms with Crippen LogP contribution in [0.25, 0.3) is 0 Å². The highest BCUT2D eigenvalue weighted by atomic mass is 14.8. The number of nitrogens with two attached hydrogens (primary N) is 1. The van der Waals surface area contributed by atoms with E-state index in [2.05, 4.69) is 4.98 Å². The van der Waals surface area contributed by atoms with Gasteiger partial charge < -0.3 is 5.73 Å². The van der Waals surface area contributed by atoms with Gasteiger partial charge in [0.25, 0.3) is 0 Å². The van der Waals surface area contributed by atoms with Crippen molar-refractivity contribution in [2.24, 2.45) is 11.7 Å². The summed E-state index contributed by atoms with van der Waals surface area (Å²) in [6, 6.07) is 7.46. The second-order valence-electron chi connectivity index (χ2n) is 3.42. The van der Waals surface area contributed by atoms with Gasteiger partial charge in [0.2, 0.25) is 0 Å². The monoisotopic (exact) mass is 173 g/mol. The molecule has 1 aliphatic carbocycles. The fourth-order valence-electron chi connectivity index (χ4n) is 1.40. The van der Waals surface area contributed by atoms with Crippen molar-refractivity contribution in [3.8, 4) is 6.07 Å². The summed E-state index contributed by atoms with van der Waals surface area (Å²) in [5.41, 5.74) is 7.25. The summed E-state index contributed by atoms with van der Waals surface area (Å²) in [6.45, 7) is 0. The van der Waals surface area contributed by atoms with Crippen LogP contribution >= 0.6 is 0 Å². The van der Waals surface area contributed by atoms with Gasteiger partial charge in [-0.05, 0) is 30.9 Å². The number of hydrogen-bond acceptors (Lipinski definition) is 3. The third-order valence-electron chi connectivity index (χ3n) is 2.36. The Morgan fingerprint density at radius 3 is 2.92 bits per heavy atom. The van der Waals surface area contributed by atoms with Crippen LogP contribution in [0, 0.1) is 17.2 Å². The molecule has 0 amide bonds. The topological polar surface area (TPSA) is 62.7 Å². The maximum Gasteiger partial charge on any atom is 0.140 e. The van der Waals surface area contributed by atoms with Crippen LogP contribution in [0.1, 0.15) is 30.3 Å². The molecule has 0 radical (unpaired) electrons. The third-order valence-corrected chi connectivity index (χ3v) is 2.36. The van der Waals surface area contributed by atoms with E-state index in [4.69, 9.17) is 11.0 Å². The molecule has 1 saturated carbocycles. The van der Waals surface area contributed by atoms with Gasteiger partial charge in [-0.2, -0.15) is 5.26 Å². The van der Waals surface area contributed by atoms with E-state index in [1.54, 1.807) is 6.07 Å². The average molecular weight is 173 g/mol. The Bertz CT molecular complexity index is 349. The van der Waals surface area contributed by atoms with Gasteiger partial charge in [-0.25, -0.2) is 4.98 Å². The number of aromatic nitrogens is 1. The van der Waals surface area contributed by atoms with Gasteiger partial charge in [-0.3, -0.25) is 0 Å². The van der Waals surface area contributed by atoms with Crippen LogP contribution in [-0.2, 0) is 0 Å². The van der Waals surface area contributed by atoms with E-state index in [0.29, 0.717) is 11.6 Å². The highest BCUT2D eigenvalue weighted by Crippen LogP contribution is 2.38. The molecule has 0 aromatic carbocycles. The lowest BCUT2D eigenvalue weighted by Crippen LogP contribution is -2.14. The lowest BCUT2D eigenvalue weighted by Gasteiger charge is -2.08. The molecular formula is C10H11N3. The molecule has 0 bridgehead atoms. The molecule has 1 fully saturated rings. The molecule has 1 aromatic rings. The molecule has 3 nitrogen and oxygen atoms in total. The first-order valence-corrected chi connectivity index (χ1v) is 4.44. The number of nitrogens with zero attached hydrogens (tertiary/aromatic N) is 2. The van der Waals surface area contributed by atoms with E-state index in [0.717, 1.165) is 5.69 Å². The molecule has 1 atom stereocenters. The highest BCUT2D eigenvalue weighted by Gasteiger charge is 2.30. The maximum atomic E-state index is 8.64. The van der Waals surface area contributed by atoms with E-state index >= 15 is 0 Å². The number of rotatable bonds is 2. The van der Waals surface area contributed by atoms with E-state index < -0.39 is 0 Å². The Morgan fingerprint density at radius 1 is 1.54 bits per heavy atom. The zero-order chi connectivity index (χ0) is 9.26. The summed E-state index contributed by atoms with van der Waals surface area (Å²) in [7, 11) is 0. The van der Waals surface area contributed by atoms with Gasteiger partial charge in [-0.15, -0.1) is 0 Å². The van der Waals surface area contributed by atoms with Crippen molar-refractivity contribution in [2.75, 3.05) is 0 Å². The zero-order valence-electron chi connectivity index (χ0n) is 7.27. The van der Waals surface area contributed by atoms with E-state index in [-0.39, 0.29) is 6.04 Å². The van der Waals surface area contributed by atoms with Crippen molar-refractivity contribution in [1.29, 1.82) is 5.26 Å². The van der Waals surface area contributed by atoms with Gasteiger partial charge in [0.1, 0.15) is 11.8 Å². The first-order chi connectivity index (χ1) is 6.31. The standard InChI is InChI=1S/C10H11N3/c11-6-8-2-1-3-9(13-8)10(12)7-4-5-7/h1-3,7,10H,4-5,12H2/t10-/m1/s1. The number of hydrogen-bond donors (Lipinski definition) is 1. The minimum absolute atomic E-state index is 0.0216. The van der Waals surface area contributed by atoms with Gasteiger partial charge >= 0.3 is 0 Å². The molecule has 1 heterocycles. The molecule has 1 aliphatic rings. The predicted molar refractivity (Wildman–Crippen MR) is 48.6 cm³/mol. The van der Waals surface area contributed by atoms with Crippen LogP contribution in [0.4, 0.5) is 0 Å². The maximum absolute atomic E-state index is 8.64. The molecule has 13 heavy (non-hydrogen) atoms. The van der Waals surface area contributed by atoms with Crippen LogP contribution in [-0.4, -0.2) is 4.98 Å². The second-order valence-corrected chi connectivity index (χ2v) is 3.42. The fourth-order valence-corrected chi connectivity index (χ4v) is 1.40. The molecule has 3 heteroatoms. The lowest BCUT2D eigenvalue weighted by molar-refractivity contribution is 0.614. The second kappa shape index (κ2) is 3.15. The van der Waals surface area contributed by atoms with Crippen LogP contribution in [0.2, 0.25) is 0 Å². The average Bonchev–Trinajstić information content (AvgIpc) is 3.00. The quantitative estimate of drug-likeness (QED) is 0.734. The summed E-state index contributed by atoms with van der Waals surface area (Å²) in [4.78, 5) is 4.17. The molecule has 1 aromatic heterocycles. The van der Waals surface area contributed by atoms with E-state index in [1.807, 2.05) is 18.2 Å². The summed E-state index contributed by atoms with van der Waals surface area (Å²) < 4.78 is 0. The Hall–Kier alpha value is -1.40. The number of nitriles is 1. The molecule has 0 saturated heterocycles. The minimum atomic E-state index is 0.0216. The van der Waals surface area contributed by atoms with Crippen LogP contribution in [0.3, 0.4) is 0 Å². The van der Waals surface area contributed by atoms with Crippen LogP contribution in [0.5, 0.6) is 0 Å². The lowest BCUT2D eigenvalue weighted by atomic mass is 10.1. The normalized spacial score (nSPS) is 17.8. The van der Waals surface area contributed by atoms with Crippen molar-refractivity contribution in [2.45, 2.75) is 18.9 Å². The molecule has 0 spiro atoms. The Kier molecular flexibility index (Phi) is 1.99. The van der Waals surface area contributed by atoms with Crippen molar-refractivity contribution in [3.63, 3.8) is 0 Å². The SMILES string of the molecule is N#Cc1cccc([C@H](N)C2CC2)n1. The summed E-state index contributed by atoms with van der Waals surface area (Å²) in [6.07, 6.45) is 2.39. The first-order valence-electron chi connectivity index (χ1n) is 4.44. The van der Waals surface area contributed by atoms with E-state index in [9.17, 15) is 0 Å². The van der Waals surface area contributed by atoms with Gasteiger partial charge in [-0.1, -0.05) is 6.07 Å². The molecule has 2 rings (SSSR count). The van der Waals surface area contributed by atoms with Crippen molar-refractivity contribution >= 4 is 0 Å². The molecule has 66 valence electrons. The van der Waals surface area contributed by atoms with Crippen molar-refractivity contribution < 1.29 is 0 Å². The highest BCUT2D eigenvalue weighted by molar-refractivity contribution is 5.24. The third kappa shape index (κ3) is 1.68. The smallest absolute Gasteiger partial charge is 0.140 e. The predicted octanol–water partition coefficient (Wildman–Crippen LogP) is 1.36. The largest absolute Gasteiger partial charge is 0.322 e. The molecular weight excluding hydrogens is 162 g/mol. The van der Waals surface area contributed by atoms with E-state index in [1.165, 1.54) is 12.8 Å². The zero-order valence-corrected chi connectivity index (χ0v) is 7.27. The molecule has 0 aliphatic heterocycles. The minimum Gasteiger partial charge on any atom is -0.322 e. The molecule has 2 N–H and O–H groups in total. The van der Waals surface area contributed by atoms with Crippen molar-refractivity contribution in [3.05, 3.63) is 29.6 Å². The summed E-state index contributed by atoms with van der Waals surface area (Å²) in [5, 5.41) is 8.64. The Balaban J connectivity index is 2.24. The first kappa shape index (κ1) is 8.21. The summed E-state index contributed by atoms with van der Waals surface area (Å²) in [5.74, 6) is 0.585. The summed E-state index contributed by atoms with van der Waals surface area (Å²) >= 11 is 0. The van der Waals surface area contributed by atoms with Crippen LogP contribution in [0.15, 0.2) is 18.2 Å². The number of pyridine rings is 1. The Morgan fingerprint density at radius 2 is 2.31 bits per heavy atom.